The monoisotopic (exact) mass is 358 g/mol. The third-order valence-electron chi connectivity index (χ3n) is 3.64. The zero-order valence-corrected chi connectivity index (χ0v) is 13.4. The molecule has 2 aromatic rings. The van der Waals surface area contributed by atoms with Crippen LogP contribution >= 0.6 is 15.9 Å². The number of nitrogens with one attached hydrogen (secondary N) is 1. The normalized spacial score (nSPS) is 16.9. The van der Waals surface area contributed by atoms with Gasteiger partial charge in [0, 0.05) is 12.2 Å². The molecule has 1 heterocycles. The molecule has 4 nitrogen and oxygen atoms in total. The number of rotatable bonds is 3. The summed E-state index contributed by atoms with van der Waals surface area (Å²) in [6.07, 6.45) is 1.40. The molecule has 1 aliphatic heterocycles. The number of hydrogen-bond donors (Lipinski definition) is 2. The first-order valence-corrected chi connectivity index (χ1v) is 7.67. The fourth-order valence-corrected chi connectivity index (χ4v) is 2.97. The third-order valence-corrected chi connectivity index (χ3v) is 4.27. The molecule has 1 unspecified atom stereocenters. The van der Waals surface area contributed by atoms with Gasteiger partial charge >= 0.3 is 0 Å². The summed E-state index contributed by atoms with van der Waals surface area (Å²) in [5, 5.41) is 13.0. The van der Waals surface area contributed by atoms with E-state index < -0.39 is 0 Å². The Morgan fingerprint density at radius 1 is 1.32 bits per heavy atom. The molecule has 0 radical (unpaired) electrons. The van der Waals surface area contributed by atoms with Crippen LogP contribution in [0.1, 0.15) is 22.1 Å². The summed E-state index contributed by atoms with van der Waals surface area (Å²) in [6, 6.07) is 12.7. The molecule has 0 saturated heterocycles. The van der Waals surface area contributed by atoms with Crippen LogP contribution in [-0.4, -0.2) is 22.5 Å². The van der Waals surface area contributed by atoms with Crippen molar-refractivity contribution in [3.63, 3.8) is 0 Å². The molecule has 0 saturated carbocycles. The number of benzene rings is 2. The van der Waals surface area contributed by atoms with Gasteiger partial charge in [-0.1, -0.05) is 24.3 Å². The highest BCUT2D eigenvalue weighted by atomic mass is 79.9. The number of anilines is 1. The molecular formula is C17H15BrN2O2. The van der Waals surface area contributed by atoms with Crippen LogP contribution in [0, 0.1) is 0 Å². The molecule has 0 bridgehead atoms. The van der Waals surface area contributed by atoms with E-state index in [1.54, 1.807) is 23.1 Å². The van der Waals surface area contributed by atoms with Gasteiger partial charge in [-0.25, -0.2) is 0 Å². The van der Waals surface area contributed by atoms with Gasteiger partial charge in [0.25, 0.3) is 5.91 Å². The van der Waals surface area contributed by atoms with Crippen molar-refractivity contribution < 1.29 is 9.90 Å². The van der Waals surface area contributed by atoms with E-state index in [4.69, 9.17) is 0 Å². The van der Waals surface area contributed by atoms with Gasteiger partial charge in [0.1, 0.15) is 11.9 Å². The third kappa shape index (κ3) is 2.48. The zero-order chi connectivity index (χ0) is 15.7. The number of para-hydroxylation sites is 1. The Morgan fingerprint density at radius 3 is 2.82 bits per heavy atom. The smallest absolute Gasteiger partial charge is 0.258 e. The average molecular weight is 359 g/mol. The fraction of sp³-hybridized carbons (Fsp3) is 0.118. The first kappa shape index (κ1) is 14.7. The molecule has 22 heavy (non-hydrogen) atoms. The second kappa shape index (κ2) is 5.85. The Labute approximate surface area is 137 Å². The highest BCUT2D eigenvalue weighted by Gasteiger charge is 2.32. The van der Waals surface area contributed by atoms with Crippen LogP contribution in [-0.2, 0) is 0 Å². The maximum Gasteiger partial charge on any atom is 0.258 e. The molecule has 112 valence electrons. The van der Waals surface area contributed by atoms with Gasteiger partial charge in [0.15, 0.2) is 0 Å². The van der Waals surface area contributed by atoms with Gasteiger partial charge < -0.3 is 15.3 Å². The summed E-state index contributed by atoms with van der Waals surface area (Å²) in [5.41, 5.74) is 2.34. The van der Waals surface area contributed by atoms with Gasteiger partial charge in [-0.3, -0.25) is 4.79 Å². The van der Waals surface area contributed by atoms with Gasteiger partial charge in [-0.2, -0.15) is 0 Å². The van der Waals surface area contributed by atoms with Crippen molar-refractivity contribution in [3.8, 4) is 5.75 Å². The second-order valence-corrected chi connectivity index (χ2v) is 5.90. The van der Waals surface area contributed by atoms with Crippen molar-refractivity contribution in [2.45, 2.75) is 6.17 Å². The quantitative estimate of drug-likeness (QED) is 0.817. The van der Waals surface area contributed by atoms with E-state index >= 15 is 0 Å². The number of fused-ring (bicyclic) bond motifs is 1. The van der Waals surface area contributed by atoms with Crippen molar-refractivity contribution in [1.82, 2.24) is 4.90 Å². The summed E-state index contributed by atoms with van der Waals surface area (Å²) < 4.78 is 0.594. The molecule has 1 atom stereocenters. The Kier molecular flexibility index (Phi) is 3.90. The molecular weight excluding hydrogens is 344 g/mol. The minimum atomic E-state index is -0.308. The van der Waals surface area contributed by atoms with Crippen LogP contribution in [0.5, 0.6) is 5.75 Å². The van der Waals surface area contributed by atoms with Crippen LogP contribution < -0.4 is 5.32 Å². The second-order valence-electron chi connectivity index (χ2n) is 5.05. The molecule has 0 aromatic heterocycles. The molecule has 2 N–H and O–H groups in total. The van der Waals surface area contributed by atoms with Crippen LogP contribution in [0.15, 0.2) is 59.6 Å². The van der Waals surface area contributed by atoms with Crippen LogP contribution in [0.3, 0.4) is 0 Å². The summed E-state index contributed by atoms with van der Waals surface area (Å²) in [7, 11) is 0. The van der Waals surface area contributed by atoms with E-state index in [2.05, 4.69) is 27.8 Å². The van der Waals surface area contributed by atoms with Crippen molar-refractivity contribution in [2.75, 3.05) is 11.9 Å². The van der Waals surface area contributed by atoms with E-state index in [-0.39, 0.29) is 17.8 Å². The fourth-order valence-electron chi connectivity index (χ4n) is 2.58. The number of carbonyl (C=O) groups is 1. The summed E-state index contributed by atoms with van der Waals surface area (Å²) in [6.45, 7) is 4.17. The van der Waals surface area contributed by atoms with Gasteiger partial charge in [0.05, 0.1) is 10.0 Å². The molecule has 3 rings (SSSR count). The highest BCUT2D eigenvalue weighted by molar-refractivity contribution is 9.10. The Hall–Kier alpha value is -2.27. The topological polar surface area (TPSA) is 52.6 Å². The van der Waals surface area contributed by atoms with Crippen molar-refractivity contribution >= 4 is 27.5 Å². The molecule has 1 aliphatic rings. The molecule has 0 fully saturated rings. The molecule has 1 amide bonds. The van der Waals surface area contributed by atoms with Crippen LogP contribution in [0.25, 0.3) is 0 Å². The molecule has 2 aromatic carbocycles. The van der Waals surface area contributed by atoms with Gasteiger partial charge in [0.2, 0.25) is 0 Å². The van der Waals surface area contributed by atoms with Crippen molar-refractivity contribution in [2.24, 2.45) is 0 Å². The van der Waals surface area contributed by atoms with E-state index in [1.165, 1.54) is 0 Å². The SMILES string of the molecule is C=CCN1C(=O)c2ccccc2NC1c1ccc(O)c(Br)c1. The first-order valence-electron chi connectivity index (χ1n) is 6.87. The zero-order valence-electron chi connectivity index (χ0n) is 11.8. The van der Waals surface area contributed by atoms with Crippen molar-refractivity contribution in [1.29, 1.82) is 0 Å². The maximum absolute atomic E-state index is 12.7. The van der Waals surface area contributed by atoms with Gasteiger partial charge in [-0.05, 0) is 45.8 Å². The number of halogens is 1. The maximum atomic E-state index is 12.7. The lowest BCUT2D eigenvalue weighted by Gasteiger charge is -2.37. The molecule has 0 aliphatic carbocycles. The van der Waals surface area contributed by atoms with Gasteiger partial charge in [-0.15, -0.1) is 6.58 Å². The van der Waals surface area contributed by atoms with E-state index in [9.17, 15) is 9.90 Å². The number of amides is 1. The predicted molar refractivity (Wildman–Crippen MR) is 89.8 cm³/mol. The lowest BCUT2D eigenvalue weighted by Crippen LogP contribution is -2.42. The summed E-state index contributed by atoms with van der Waals surface area (Å²) >= 11 is 3.32. The molecule has 5 heteroatoms. The first-order chi connectivity index (χ1) is 10.6. The summed E-state index contributed by atoms with van der Waals surface area (Å²) in [5.74, 6) is 0.130. The number of hydrogen-bond acceptors (Lipinski definition) is 3. The minimum absolute atomic E-state index is 0.0385. The number of phenolic OH excluding ortho intramolecular Hbond substituents is 1. The number of nitrogens with zero attached hydrogens (tertiary/aromatic N) is 1. The Balaban J connectivity index is 2.07. The summed E-state index contributed by atoms with van der Waals surface area (Å²) in [4.78, 5) is 14.4. The number of carbonyl (C=O) groups excluding carboxylic acids is 1. The predicted octanol–water partition coefficient (Wildman–Crippen LogP) is 3.91. The van der Waals surface area contributed by atoms with E-state index in [1.807, 2.05) is 30.3 Å². The Bertz CT molecular complexity index is 745. The lowest BCUT2D eigenvalue weighted by atomic mass is 10.0. The number of aromatic hydroxyl groups is 1. The standard InChI is InChI=1S/C17H15BrN2O2/c1-2-9-20-16(11-7-8-15(21)13(18)10-11)19-14-6-4-3-5-12(14)17(20)22/h2-8,10,16,19,21H,1,9H2. The van der Waals surface area contributed by atoms with E-state index in [0.29, 0.717) is 16.6 Å². The van der Waals surface area contributed by atoms with Crippen molar-refractivity contribution in [3.05, 3.63) is 70.7 Å². The lowest BCUT2D eigenvalue weighted by molar-refractivity contribution is 0.0707. The highest BCUT2D eigenvalue weighted by Crippen LogP contribution is 2.35. The van der Waals surface area contributed by atoms with Crippen LogP contribution in [0.4, 0.5) is 5.69 Å². The Morgan fingerprint density at radius 2 is 2.09 bits per heavy atom. The largest absolute Gasteiger partial charge is 0.507 e. The van der Waals surface area contributed by atoms with Crippen LogP contribution in [0.2, 0.25) is 0 Å². The van der Waals surface area contributed by atoms with E-state index in [0.717, 1.165) is 11.3 Å². The number of phenols is 1. The molecule has 0 spiro atoms. The minimum Gasteiger partial charge on any atom is -0.507 e. The average Bonchev–Trinajstić information content (AvgIpc) is 2.53.